The highest BCUT2D eigenvalue weighted by Crippen LogP contribution is 2.22. The van der Waals surface area contributed by atoms with Crippen molar-refractivity contribution in [3.8, 4) is 11.8 Å². The summed E-state index contributed by atoms with van der Waals surface area (Å²) >= 11 is 0. The van der Waals surface area contributed by atoms with E-state index in [1.807, 2.05) is 12.1 Å². The number of aliphatic hydroxyl groups is 1. The molecule has 5 nitrogen and oxygen atoms in total. The van der Waals surface area contributed by atoms with Crippen LogP contribution in [0, 0.1) is 11.3 Å². The predicted octanol–water partition coefficient (Wildman–Crippen LogP) is 1.07. The molecule has 0 radical (unpaired) electrons. The summed E-state index contributed by atoms with van der Waals surface area (Å²) in [4.78, 5) is 4.68. The Labute approximate surface area is 126 Å². The molecule has 0 amide bonds. The molecule has 0 saturated carbocycles. The number of β-amino-alcohol motifs (C(OH)–C–C–N with tert-alkyl or cyclic N) is 1. The molecule has 1 aliphatic heterocycles. The minimum Gasteiger partial charge on any atom is -0.496 e. The van der Waals surface area contributed by atoms with Crippen molar-refractivity contribution >= 4 is 0 Å². The number of aliphatic hydroxyl groups excluding tert-OH is 1. The second kappa shape index (κ2) is 7.99. The van der Waals surface area contributed by atoms with Gasteiger partial charge in [-0.3, -0.25) is 9.80 Å². The molecule has 114 valence electrons. The van der Waals surface area contributed by atoms with Crippen molar-refractivity contribution in [1.82, 2.24) is 9.80 Å². The molecule has 1 aliphatic rings. The van der Waals surface area contributed by atoms with Crippen molar-refractivity contribution in [2.75, 3.05) is 46.4 Å². The van der Waals surface area contributed by atoms with Crippen molar-refractivity contribution in [2.24, 2.45) is 0 Å². The Hall–Kier alpha value is -1.61. The third-order valence-corrected chi connectivity index (χ3v) is 3.90. The lowest BCUT2D eigenvalue weighted by Gasteiger charge is -2.22. The molecule has 1 fully saturated rings. The van der Waals surface area contributed by atoms with Crippen LogP contribution in [0.4, 0.5) is 0 Å². The molecule has 1 aromatic rings. The summed E-state index contributed by atoms with van der Waals surface area (Å²) in [5.74, 6) is 0.838. The van der Waals surface area contributed by atoms with E-state index in [9.17, 15) is 0 Å². The topological polar surface area (TPSA) is 59.7 Å². The van der Waals surface area contributed by atoms with E-state index >= 15 is 0 Å². The Kier molecular flexibility index (Phi) is 6.00. The lowest BCUT2D eigenvalue weighted by molar-refractivity contribution is 0.195. The van der Waals surface area contributed by atoms with E-state index in [1.54, 1.807) is 13.2 Å². The number of hydrogen-bond donors (Lipinski definition) is 1. The fourth-order valence-electron chi connectivity index (χ4n) is 2.76. The molecule has 2 rings (SSSR count). The lowest BCUT2D eigenvalue weighted by atomic mass is 10.1. The van der Waals surface area contributed by atoms with Gasteiger partial charge in [0.15, 0.2) is 0 Å². The molecule has 0 spiro atoms. The highest BCUT2D eigenvalue weighted by atomic mass is 16.5. The van der Waals surface area contributed by atoms with E-state index in [-0.39, 0.29) is 6.61 Å². The first-order valence-electron chi connectivity index (χ1n) is 7.39. The third kappa shape index (κ3) is 4.43. The standard InChI is InChI=1S/C16H23N3O2/c1-21-16-4-3-14(12-17)11-15(16)13-19-6-2-5-18(7-8-19)9-10-20/h3-4,11,20H,2,5-10,13H2,1H3. The van der Waals surface area contributed by atoms with Gasteiger partial charge in [0.2, 0.25) is 0 Å². The van der Waals surface area contributed by atoms with Gasteiger partial charge in [-0.25, -0.2) is 0 Å². The number of hydrogen-bond acceptors (Lipinski definition) is 5. The molecule has 1 aromatic carbocycles. The molecule has 5 heteroatoms. The van der Waals surface area contributed by atoms with Crippen LogP contribution in [0.15, 0.2) is 18.2 Å². The summed E-state index contributed by atoms with van der Waals surface area (Å²) in [6, 6.07) is 7.74. The van der Waals surface area contributed by atoms with Crippen molar-refractivity contribution in [2.45, 2.75) is 13.0 Å². The summed E-state index contributed by atoms with van der Waals surface area (Å²) in [7, 11) is 1.66. The van der Waals surface area contributed by atoms with Gasteiger partial charge >= 0.3 is 0 Å². The molecular weight excluding hydrogens is 266 g/mol. The molecule has 1 N–H and O–H groups in total. The zero-order chi connectivity index (χ0) is 15.1. The number of methoxy groups -OCH3 is 1. The zero-order valence-electron chi connectivity index (χ0n) is 12.6. The van der Waals surface area contributed by atoms with Crippen LogP contribution in [0.2, 0.25) is 0 Å². The van der Waals surface area contributed by atoms with Crippen molar-refractivity contribution in [3.63, 3.8) is 0 Å². The summed E-state index contributed by atoms with van der Waals surface area (Å²) in [6.45, 7) is 5.78. The zero-order valence-corrected chi connectivity index (χ0v) is 12.6. The van der Waals surface area contributed by atoms with Crippen molar-refractivity contribution in [3.05, 3.63) is 29.3 Å². The fraction of sp³-hybridized carbons (Fsp3) is 0.562. The minimum atomic E-state index is 0.220. The Morgan fingerprint density at radius 2 is 2.00 bits per heavy atom. The summed E-state index contributed by atoms with van der Waals surface area (Å²) in [5.41, 5.74) is 1.73. The van der Waals surface area contributed by atoms with Crippen LogP contribution < -0.4 is 4.74 Å². The monoisotopic (exact) mass is 289 g/mol. The average molecular weight is 289 g/mol. The van der Waals surface area contributed by atoms with Gasteiger partial charge in [0, 0.05) is 31.7 Å². The SMILES string of the molecule is COc1ccc(C#N)cc1CN1CCCN(CCO)CC1. The number of nitrogens with zero attached hydrogens (tertiary/aromatic N) is 3. The molecule has 0 bridgehead atoms. The molecule has 1 saturated heterocycles. The van der Waals surface area contributed by atoms with Gasteiger partial charge in [-0.15, -0.1) is 0 Å². The Bertz CT molecular complexity index is 499. The van der Waals surface area contributed by atoms with Gasteiger partial charge in [-0.1, -0.05) is 0 Å². The van der Waals surface area contributed by atoms with E-state index < -0.39 is 0 Å². The van der Waals surface area contributed by atoms with Crippen molar-refractivity contribution < 1.29 is 9.84 Å². The Morgan fingerprint density at radius 1 is 1.24 bits per heavy atom. The van der Waals surface area contributed by atoms with E-state index in [2.05, 4.69) is 15.9 Å². The Morgan fingerprint density at radius 3 is 2.71 bits per heavy atom. The maximum Gasteiger partial charge on any atom is 0.123 e. The Balaban J connectivity index is 2.02. The first-order valence-corrected chi connectivity index (χ1v) is 7.39. The van der Waals surface area contributed by atoms with E-state index in [0.29, 0.717) is 5.56 Å². The smallest absolute Gasteiger partial charge is 0.123 e. The number of rotatable bonds is 5. The average Bonchev–Trinajstić information content (AvgIpc) is 2.73. The second-order valence-electron chi connectivity index (χ2n) is 5.33. The molecule has 0 atom stereocenters. The molecule has 0 aliphatic carbocycles. The number of ether oxygens (including phenoxy) is 1. The first kappa shape index (κ1) is 15.8. The first-order chi connectivity index (χ1) is 10.3. The van der Waals surface area contributed by atoms with E-state index in [0.717, 1.165) is 57.0 Å². The minimum absolute atomic E-state index is 0.220. The molecule has 21 heavy (non-hydrogen) atoms. The predicted molar refractivity (Wildman–Crippen MR) is 81.1 cm³/mol. The van der Waals surface area contributed by atoms with Crippen LogP contribution in [0.3, 0.4) is 0 Å². The van der Waals surface area contributed by atoms with Gasteiger partial charge in [-0.2, -0.15) is 5.26 Å². The molecule has 0 unspecified atom stereocenters. The third-order valence-electron chi connectivity index (χ3n) is 3.90. The van der Waals surface area contributed by atoms with Crippen LogP contribution >= 0.6 is 0 Å². The maximum atomic E-state index is 9.04. The van der Waals surface area contributed by atoms with Crippen molar-refractivity contribution in [1.29, 1.82) is 5.26 Å². The van der Waals surface area contributed by atoms with Crippen LogP contribution in [-0.2, 0) is 6.54 Å². The van der Waals surface area contributed by atoms with Crippen LogP contribution in [0.1, 0.15) is 17.5 Å². The van der Waals surface area contributed by atoms with Gasteiger partial charge < -0.3 is 9.84 Å². The van der Waals surface area contributed by atoms with Gasteiger partial charge in [0.1, 0.15) is 5.75 Å². The summed E-state index contributed by atoms with van der Waals surface area (Å²) < 4.78 is 5.40. The van der Waals surface area contributed by atoms with Gasteiger partial charge in [0.25, 0.3) is 0 Å². The van der Waals surface area contributed by atoms with Gasteiger partial charge in [0.05, 0.1) is 25.3 Å². The molecule has 1 heterocycles. The second-order valence-corrected chi connectivity index (χ2v) is 5.33. The highest BCUT2D eigenvalue weighted by molar-refractivity contribution is 5.42. The van der Waals surface area contributed by atoms with Crippen LogP contribution in [-0.4, -0.2) is 61.3 Å². The normalized spacial score (nSPS) is 17.2. The summed E-state index contributed by atoms with van der Waals surface area (Å²) in [5, 5.41) is 18.1. The number of nitriles is 1. The van der Waals surface area contributed by atoms with Crippen LogP contribution in [0.25, 0.3) is 0 Å². The van der Waals surface area contributed by atoms with Gasteiger partial charge in [-0.05, 0) is 37.7 Å². The fourth-order valence-corrected chi connectivity index (χ4v) is 2.76. The van der Waals surface area contributed by atoms with E-state index in [1.165, 1.54) is 0 Å². The molecular formula is C16H23N3O2. The largest absolute Gasteiger partial charge is 0.496 e. The lowest BCUT2D eigenvalue weighted by Crippen LogP contribution is -2.32. The van der Waals surface area contributed by atoms with Crippen LogP contribution in [0.5, 0.6) is 5.75 Å². The molecule has 0 aromatic heterocycles. The van der Waals surface area contributed by atoms with E-state index in [4.69, 9.17) is 15.1 Å². The quantitative estimate of drug-likeness (QED) is 0.878. The number of benzene rings is 1. The highest BCUT2D eigenvalue weighted by Gasteiger charge is 2.16. The maximum absolute atomic E-state index is 9.04. The summed E-state index contributed by atoms with van der Waals surface area (Å²) in [6.07, 6.45) is 1.10.